The molecule has 152 valence electrons. The normalized spacial score (nSPS) is 24.3. The quantitative estimate of drug-likeness (QED) is 0.660. The van der Waals surface area contributed by atoms with Gasteiger partial charge in [0, 0.05) is 33.8 Å². The van der Waals surface area contributed by atoms with Gasteiger partial charge in [0.2, 0.25) is 0 Å². The van der Waals surface area contributed by atoms with Crippen LogP contribution in [0.4, 0.5) is 10.1 Å². The van der Waals surface area contributed by atoms with Crippen LogP contribution in [0.3, 0.4) is 0 Å². The van der Waals surface area contributed by atoms with E-state index in [9.17, 15) is 19.1 Å². The second-order valence-electron chi connectivity index (χ2n) is 7.74. The van der Waals surface area contributed by atoms with Crippen LogP contribution in [-0.4, -0.2) is 22.3 Å². The van der Waals surface area contributed by atoms with Crippen LogP contribution in [0.1, 0.15) is 38.7 Å². The Hall–Kier alpha value is -2.31. The molecule has 1 aliphatic carbocycles. The Labute approximate surface area is 178 Å². The zero-order valence-corrected chi connectivity index (χ0v) is 18.1. The average Bonchev–Trinajstić information content (AvgIpc) is 2.61. The first-order valence-electron chi connectivity index (χ1n) is 9.35. The number of halogens is 2. The highest BCUT2D eigenvalue weighted by Gasteiger charge is 2.49. The fourth-order valence-corrected chi connectivity index (χ4v) is 4.52. The molecular formula is C23H23BrFNO3. The summed E-state index contributed by atoms with van der Waals surface area (Å²) in [4.78, 5) is 25.2. The van der Waals surface area contributed by atoms with Crippen molar-refractivity contribution in [1.29, 1.82) is 0 Å². The van der Waals surface area contributed by atoms with Crippen molar-refractivity contribution in [2.45, 2.75) is 38.7 Å². The lowest BCUT2D eigenvalue weighted by atomic mass is 9.64. The summed E-state index contributed by atoms with van der Waals surface area (Å²) >= 11 is 3.39. The van der Waals surface area contributed by atoms with E-state index < -0.39 is 23.3 Å². The lowest BCUT2D eigenvalue weighted by Crippen LogP contribution is -2.48. The molecule has 0 spiro atoms. The van der Waals surface area contributed by atoms with Crippen LogP contribution in [0.2, 0.25) is 0 Å². The Bertz CT molecular complexity index is 982. The first kappa shape index (κ1) is 21.4. The van der Waals surface area contributed by atoms with E-state index in [1.165, 1.54) is 26.0 Å². The molecule has 0 radical (unpaired) electrons. The van der Waals surface area contributed by atoms with Gasteiger partial charge in [-0.05, 0) is 62.7 Å². The summed E-state index contributed by atoms with van der Waals surface area (Å²) in [7, 11) is 0. The van der Waals surface area contributed by atoms with E-state index in [4.69, 9.17) is 0 Å². The standard InChI is InChI=1S/C23H23BrFNO3/c1-13(27)20-19(26-18-9-7-16(24)8-10-18)12-23(3,29)22(14(2)28)21(20)15-5-4-6-17(25)11-15/h4-11,21-22,26,29H,12H2,1-3H3/t21-,22-,23+/m1/s1. The van der Waals surface area contributed by atoms with Gasteiger partial charge in [-0.1, -0.05) is 28.1 Å². The van der Waals surface area contributed by atoms with Gasteiger partial charge in [-0.25, -0.2) is 4.39 Å². The maximum Gasteiger partial charge on any atom is 0.158 e. The van der Waals surface area contributed by atoms with Gasteiger partial charge >= 0.3 is 0 Å². The minimum Gasteiger partial charge on any atom is -0.389 e. The highest BCUT2D eigenvalue weighted by atomic mass is 79.9. The van der Waals surface area contributed by atoms with Crippen LogP contribution in [-0.2, 0) is 9.59 Å². The number of aliphatic hydroxyl groups is 1. The van der Waals surface area contributed by atoms with Crippen LogP contribution in [0.25, 0.3) is 0 Å². The number of hydrogen-bond acceptors (Lipinski definition) is 4. The molecule has 0 amide bonds. The van der Waals surface area contributed by atoms with Crippen molar-refractivity contribution < 1.29 is 19.1 Å². The predicted molar refractivity (Wildman–Crippen MR) is 114 cm³/mol. The van der Waals surface area contributed by atoms with E-state index >= 15 is 0 Å². The Balaban J connectivity index is 2.21. The first-order valence-corrected chi connectivity index (χ1v) is 10.1. The van der Waals surface area contributed by atoms with Crippen LogP contribution in [0, 0.1) is 11.7 Å². The first-order chi connectivity index (χ1) is 13.6. The zero-order valence-electron chi connectivity index (χ0n) is 16.5. The van der Waals surface area contributed by atoms with Crippen molar-refractivity contribution in [3.8, 4) is 0 Å². The molecule has 2 N–H and O–H groups in total. The number of carbonyl (C=O) groups excluding carboxylic acids is 2. The van der Waals surface area contributed by atoms with E-state index in [0.717, 1.165) is 10.2 Å². The molecule has 4 nitrogen and oxygen atoms in total. The summed E-state index contributed by atoms with van der Waals surface area (Å²) in [5, 5.41) is 14.4. The minimum atomic E-state index is -1.40. The van der Waals surface area contributed by atoms with Gasteiger partial charge in [0.1, 0.15) is 11.6 Å². The van der Waals surface area contributed by atoms with Crippen molar-refractivity contribution in [1.82, 2.24) is 0 Å². The topological polar surface area (TPSA) is 66.4 Å². The van der Waals surface area contributed by atoms with Gasteiger partial charge in [-0.2, -0.15) is 0 Å². The molecule has 0 bridgehead atoms. The number of Topliss-reactive ketones (excluding diaryl/α,β-unsaturated/α-hetero) is 2. The Morgan fingerprint density at radius 3 is 2.38 bits per heavy atom. The van der Waals surface area contributed by atoms with E-state index in [2.05, 4.69) is 21.2 Å². The van der Waals surface area contributed by atoms with E-state index in [1.54, 1.807) is 19.1 Å². The highest BCUT2D eigenvalue weighted by Crippen LogP contribution is 2.47. The Morgan fingerprint density at radius 2 is 1.83 bits per heavy atom. The lowest BCUT2D eigenvalue weighted by Gasteiger charge is -2.43. The molecule has 3 atom stereocenters. The summed E-state index contributed by atoms with van der Waals surface area (Å²) in [5.74, 6) is -2.53. The number of carbonyl (C=O) groups is 2. The van der Waals surface area contributed by atoms with Gasteiger partial charge < -0.3 is 10.4 Å². The molecule has 3 rings (SSSR count). The number of allylic oxidation sites excluding steroid dienone is 1. The van der Waals surface area contributed by atoms with Crippen molar-refractivity contribution in [2.24, 2.45) is 5.92 Å². The van der Waals surface area contributed by atoms with Gasteiger partial charge in [0.15, 0.2) is 5.78 Å². The fourth-order valence-electron chi connectivity index (χ4n) is 4.26. The smallest absolute Gasteiger partial charge is 0.158 e. The largest absolute Gasteiger partial charge is 0.389 e. The number of nitrogens with one attached hydrogen (secondary N) is 1. The third-order valence-corrected chi connectivity index (χ3v) is 5.87. The number of ketones is 2. The van der Waals surface area contributed by atoms with Gasteiger partial charge in [0.05, 0.1) is 11.5 Å². The third kappa shape index (κ3) is 4.49. The van der Waals surface area contributed by atoms with Crippen molar-refractivity contribution in [2.75, 3.05) is 5.32 Å². The molecule has 6 heteroatoms. The summed E-state index contributed by atoms with van der Waals surface area (Å²) < 4.78 is 14.9. The second kappa shape index (κ2) is 8.20. The highest BCUT2D eigenvalue weighted by molar-refractivity contribution is 9.10. The van der Waals surface area contributed by atoms with E-state index in [-0.39, 0.29) is 18.0 Å². The Morgan fingerprint density at radius 1 is 1.17 bits per heavy atom. The molecule has 2 aromatic rings. The van der Waals surface area contributed by atoms with Gasteiger partial charge in [0.25, 0.3) is 0 Å². The van der Waals surface area contributed by atoms with Crippen LogP contribution >= 0.6 is 15.9 Å². The molecule has 0 aromatic heterocycles. The molecule has 29 heavy (non-hydrogen) atoms. The molecule has 2 aromatic carbocycles. The maximum absolute atomic E-state index is 14.0. The van der Waals surface area contributed by atoms with E-state index in [1.807, 2.05) is 24.3 Å². The minimum absolute atomic E-state index is 0.105. The monoisotopic (exact) mass is 459 g/mol. The molecular weight excluding hydrogens is 437 g/mol. The Kier molecular flexibility index (Phi) is 6.05. The second-order valence-corrected chi connectivity index (χ2v) is 8.65. The number of hydrogen-bond donors (Lipinski definition) is 2. The van der Waals surface area contributed by atoms with Gasteiger partial charge in [-0.15, -0.1) is 0 Å². The molecule has 0 heterocycles. The molecule has 0 fully saturated rings. The van der Waals surface area contributed by atoms with Crippen molar-refractivity contribution in [3.63, 3.8) is 0 Å². The van der Waals surface area contributed by atoms with Crippen molar-refractivity contribution >= 4 is 33.2 Å². The SMILES string of the molecule is CC(=O)C1=C(Nc2ccc(Br)cc2)C[C@](C)(O)[C@H](C(C)=O)[C@@H]1c1cccc(F)c1. The van der Waals surface area contributed by atoms with Crippen LogP contribution in [0.15, 0.2) is 64.3 Å². The number of anilines is 1. The van der Waals surface area contributed by atoms with Gasteiger partial charge in [-0.3, -0.25) is 9.59 Å². The van der Waals surface area contributed by atoms with Crippen molar-refractivity contribution in [3.05, 3.63) is 75.7 Å². The third-order valence-electron chi connectivity index (χ3n) is 5.34. The molecule has 0 saturated heterocycles. The summed E-state index contributed by atoms with van der Waals surface area (Å²) in [6.45, 7) is 4.42. The lowest BCUT2D eigenvalue weighted by molar-refractivity contribution is -0.131. The van der Waals surface area contributed by atoms with Crippen LogP contribution < -0.4 is 5.32 Å². The summed E-state index contributed by atoms with van der Waals surface area (Å²) in [6, 6.07) is 13.3. The molecule has 0 saturated carbocycles. The average molecular weight is 460 g/mol. The maximum atomic E-state index is 14.0. The molecule has 1 aliphatic rings. The molecule has 0 unspecified atom stereocenters. The number of benzene rings is 2. The summed E-state index contributed by atoms with van der Waals surface area (Å²) in [5.41, 5.74) is 0.767. The molecule has 0 aliphatic heterocycles. The zero-order chi connectivity index (χ0) is 21.3. The number of rotatable bonds is 5. The fraction of sp³-hybridized carbons (Fsp3) is 0.304. The predicted octanol–water partition coefficient (Wildman–Crippen LogP) is 4.99. The van der Waals surface area contributed by atoms with Crippen LogP contribution in [0.5, 0.6) is 0 Å². The van der Waals surface area contributed by atoms with E-state index in [0.29, 0.717) is 16.8 Å². The summed E-state index contributed by atoms with van der Waals surface area (Å²) in [6.07, 6.45) is 0.105.